The summed E-state index contributed by atoms with van der Waals surface area (Å²) in [4.78, 5) is 20.6. The SMILES string of the molecule is O=C(N[C@@H]1CN[C@H](c2nc3ccccc3[nH]2)C1)c1ccc2c(c1)OCCO2. The molecule has 5 rings (SSSR count). The molecule has 27 heavy (non-hydrogen) atoms. The molecule has 0 aliphatic carbocycles. The van der Waals surface area contributed by atoms with Crippen molar-refractivity contribution in [2.75, 3.05) is 19.8 Å². The molecule has 0 bridgehead atoms. The van der Waals surface area contributed by atoms with Gasteiger partial charge in [-0.05, 0) is 36.8 Å². The van der Waals surface area contributed by atoms with Crippen molar-refractivity contribution in [2.45, 2.75) is 18.5 Å². The van der Waals surface area contributed by atoms with Crippen LogP contribution in [0, 0.1) is 0 Å². The van der Waals surface area contributed by atoms with E-state index in [0.29, 0.717) is 36.8 Å². The molecule has 138 valence electrons. The Hall–Kier alpha value is -3.06. The highest BCUT2D eigenvalue weighted by atomic mass is 16.6. The lowest BCUT2D eigenvalue weighted by Crippen LogP contribution is -2.36. The maximum atomic E-state index is 12.6. The van der Waals surface area contributed by atoms with E-state index in [1.807, 2.05) is 24.3 Å². The molecule has 1 fully saturated rings. The van der Waals surface area contributed by atoms with E-state index in [1.54, 1.807) is 18.2 Å². The number of imidazole rings is 1. The summed E-state index contributed by atoms with van der Waals surface area (Å²) >= 11 is 0. The van der Waals surface area contributed by atoms with Crippen molar-refractivity contribution in [2.24, 2.45) is 0 Å². The predicted molar refractivity (Wildman–Crippen MR) is 100 cm³/mol. The molecule has 3 aromatic rings. The Kier molecular flexibility index (Phi) is 3.94. The van der Waals surface area contributed by atoms with Gasteiger partial charge in [-0.15, -0.1) is 0 Å². The van der Waals surface area contributed by atoms with E-state index in [2.05, 4.69) is 20.6 Å². The number of carbonyl (C=O) groups excluding carboxylic acids is 1. The van der Waals surface area contributed by atoms with Gasteiger partial charge in [0.05, 0.1) is 17.1 Å². The van der Waals surface area contributed by atoms with Gasteiger partial charge in [-0.3, -0.25) is 4.79 Å². The van der Waals surface area contributed by atoms with Crippen LogP contribution in [0.4, 0.5) is 0 Å². The molecule has 1 amide bonds. The normalized spacial score (nSPS) is 21.3. The molecule has 0 spiro atoms. The van der Waals surface area contributed by atoms with Crippen molar-refractivity contribution in [1.82, 2.24) is 20.6 Å². The number of carbonyl (C=O) groups is 1. The molecule has 1 aromatic heterocycles. The zero-order valence-corrected chi connectivity index (χ0v) is 14.7. The topological polar surface area (TPSA) is 88.3 Å². The molecule has 7 heteroatoms. The van der Waals surface area contributed by atoms with Crippen LogP contribution in [0.3, 0.4) is 0 Å². The Balaban J connectivity index is 1.26. The molecule has 2 aliphatic rings. The van der Waals surface area contributed by atoms with Crippen molar-refractivity contribution in [3.8, 4) is 11.5 Å². The largest absolute Gasteiger partial charge is 0.486 e. The van der Waals surface area contributed by atoms with Crippen LogP contribution >= 0.6 is 0 Å². The second kappa shape index (κ2) is 6.59. The minimum Gasteiger partial charge on any atom is -0.486 e. The van der Waals surface area contributed by atoms with E-state index in [-0.39, 0.29) is 18.0 Å². The second-order valence-electron chi connectivity index (χ2n) is 6.86. The van der Waals surface area contributed by atoms with Crippen LogP contribution < -0.4 is 20.1 Å². The van der Waals surface area contributed by atoms with Gasteiger partial charge < -0.3 is 25.1 Å². The molecule has 0 unspecified atom stereocenters. The fourth-order valence-corrected chi connectivity index (χ4v) is 3.64. The van der Waals surface area contributed by atoms with Crippen LogP contribution in [0.1, 0.15) is 28.6 Å². The summed E-state index contributed by atoms with van der Waals surface area (Å²) in [6.45, 7) is 1.75. The number of nitrogens with zero attached hydrogens (tertiary/aromatic N) is 1. The number of nitrogens with one attached hydrogen (secondary N) is 3. The van der Waals surface area contributed by atoms with Gasteiger partial charge in [-0.1, -0.05) is 12.1 Å². The van der Waals surface area contributed by atoms with Gasteiger partial charge in [-0.25, -0.2) is 4.98 Å². The van der Waals surface area contributed by atoms with E-state index < -0.39 is 0 Å². The maximum absolute atomic E-state index is 12.6. The minimum atomic E-state index is -0.107. The molecule has 0 saturated carbocycles. The number of amides is 1. The van der Waals surface area contributed by atoms with Crippen LogP contribution in [0.25, 0.3) is 11.0 Å². The van der Waals surface area contributed by atoms with Crippen molar-refractivity contribution >= 4 is 16.9 Å². The highest BCUT2D eigenvalue weighted by Crippen LogP contribution is 2.31. The number of hydrogen-bond donors (Lipinski definition) is 3. The Labute approximate surface area is 156 Å². The molecule has 2 aromatic carbocycles. The van der Waals surface area contributed by atoms with E-state index >= 15 is 0 Å². The van der Waals surface area contributed by atoms with Gasteiger partial charge in [0.25, 0.3) is 5.91 Å². The summed E-state index contributed by atoms with van der Waals surface area (Å²) < 4.78 is 11.1. The Bertz CT molecular complexity index is 967. The molecule has 1 saturated heterocycles. The second-order valence-corrected chi connectivity index (χ2v) is 6.86. The molecule has 3 heterocycles. The third kappa shape index (κ3) is 3.10. The Morgan fingerprint density at radius 1 is 1.11 bits per heavy atom. The van der Waals surface area contributed by atoms with Crippen molar-refractivity contribution in [3.63, 3.8) is 0 Å². The number of rotatable bonds is 3. The molecular formula is C20H20N4O3. The standard InChI is InChI=1S/C20H20N4O3/c25-20(12-5-6-17-18(9-12)27-8-7-26-17)22-13-10-16(21-11-13)19-23-14-3-1-2-4-15(14)24-19/h1-6,9,13,16,21H,7-8,10-11H2,(H,22,25)(H,23,24)/t13-,16-/m0/s1. The molecule has 2 atom stereocenters. The third-order valence-electron chi connectivity index (χ3n) is 5.01. The summed E-state index contributed by atoms with van der Waals surface area (Å²) in [5, 5.41) is 6.53. The highest BCUT2D eigenvalue weighted by molar-refractivity contribution is 5.95. The number of aromatic nitrogens is 2. The zero-order chi connectivity index (χ0) is 18.2. The van der Waals surface area contributed by atoms with Crippen molar-refractivity contribution in [3.05, 3.63) is 53.9 Å². The Morgan fingerprint density at radius 2 is 1.96 bits per heavy atom. The average Bonchev–Trinajstić information content (AvgIpc) is 3.34. The molecule has 3 N–H and O–H groups in total. The van der Waals surface area contributed by atoms with Crippen LogP contribution in [0.5, 0.6) is 11.5 Å². The van der Waals surface area contributed by atoms with Crippen molar-refractivity contribution < 1.29 is 14.3 Å². The van der Waals surface area contributed by atoms with E-state index in [9.17, 15) is 4.79 Å². The highest BCUT2D eigenvalue weighted by Gasteiger charge is 2.29. The van der Waals surface area contributed by atoms with Crippen LogP contribution in [0.15, 0.2) is 42.5 Å². The Morgan fingerprint density at radius 3 is 2.85 bits per heavy atom. The summed E-state index contributed by atoms with van der Waals surface area (Å²) in [5.41, 5.74) is 2.56. The van der Waals surface area contributed by atoms with E-state index in [0.717, 1.165) is 23.3 Å². The van der Waals surface area contributed by atoms with Gasteiger partial charge in [0.15, 0.2) is 11.5 Å². The zero-order valence-electron chi connectivity index (χ0n) is 14.7. The van der Waals surface area contributed by atoms with Crippen LogP contribution in [-0.2, 0) is 0 Å². The number of aromatic amines is 1. The maximum Gasteiger partial charge on any atom is 0.251 e. The number of H-pyrrole nitrogens is 1. The number of para-hydroxylation sites is 2. The van der Waals surface area contributed by atoms with Gasteiger partial charge in [-0.2, -0.15) is 0 Å². The lowest BCUT2D eigenvalue weighted by molar-refractivity contribution is 0.0938. The molecule has 0 radical (unpaired) electrons. The van der Waals surface area contributed by atoms with Gasteiger partial charge in [0, 0.05) is 18.2 Å². The van der Waals surface area contributed by atoms with Gasteiger partial charge in [0.1, 0.15) is 19.0 Å². The number of ether oxygens (including phenoxy) is 2. The number of hydrogen-bond acceptors (Lipinski definition) is 5. The molecular weight excluding hydrogens is 344 g/mol. The fourth-order valence-electron chi connectivity index (χ4n) is 3.64. The van der Waals surface area contributed by atoms with Crippen molar-refractivity contribution in [1.29, 1.82) is 0 Å². The summed E-state index contributed by atoms with van der Waals surface area (Å²) in [6.07, 6.45) is 0.788. The third-order valence-corrected chi connectivity index (χ3v) is 5.01. The smallest absolute Gasteiger partial charge is 0.251 e. The summed E-state index contributed by atoms with van der Waals surface area (Å²) in [5.74, 6) is 2.11. The van der Waals surface area contributed by atoms with Gasteiger partial charge in [0.2, 0.25) is 0 Å². The first-order chi connectivity index (χ1) is 13.3. The minimum absolute atomic E-state index is 0.0453. The summed E-state index contributed by atoms with van der Waals surface area (Å²) in [6, 6.07) is 13.4. The lowest BCUT2D eigenvalue weighted by Gasteiger charge is -2.19. The lowest BCUT2D eigenvalue weighted by atomic mass is 10.1. The van der Waals surface area contributed by atoms with Gasteiger partial charge >= 0.3 is 0 Å². The average molecular weight is 364 g/mol. The molecule has 7 nitrogen and oxygen atoms in total. The quantitative estimate of drug-likeness (QED) is 0.663. The van der Waals surface area contributed by atoms with E-state index in [1.165, 1.54) is 0 Å². The fraction of sp³-hybridized carbons (Fsp3) is 0.300. The number of benzene rings is 2. The van der Waals surface area contributed by atoms with Crippen LogP contribution in [0.2, 0.25) is 0 Å². The predicted octanol–water partition coefficient (Wildman–Crippen LogP) is 2.17. The number of fused-ring (bicyclic) bond motifs is 2. The van der Waals surface area contributed by atoms with E-state index in [4.69, 9.17) is 9.47 Å². The first-order valence-corrected chi connectivity index (χ1v) is 9.15. The van der Waals surface area contributed by atoms with Crippen LogP contribution in [-0.4, -0.2) is 41.7 Å². The first-order valence-electron chi connectivity index (χ1n) is 9.15. The molecule has 2 aliphatic heterocycles. The first kappa shape index (κ1) is 16.1. The monoisotopic (exact) mass is 364 g/mol. The summed E-state index contributed by atoms with van der Waals surface area (Å²) in [7, 11) is 0.